The highest BCUT2D eigenvalue weighted by atomic mass is 31.1. The minimum absolute atomic E-state index is 1.17. The van der Waals surface area contributed by atoms with E-state index in [4.69, 9.17) is 0 Å². The van der Waals surface area contributed by atoms with Crippen molar-refractivity contribution in [3.63, 3.8) is 0 Å². The number of rotatable bonds is 9. The van der Waals surface area contributed by atoms with Gasteiger partial charge in [0.05, 0.1) is 0 Å². The summed E-state index contributed by atoms with van der Waals surface area (Å²) in [6.07, 6.45) is 11.2. The van der Waals surface area contributed by atoms with E-state index < -0.39 is 0 Å². The van der Waals surface area contributed by atoms with E-state index in [2.05, 4.69) is 37.3 Å². The van der Waals surface area contributed by atoms with Crippen LogP contribution in [0.5, 0.6) is 0 Å². The molecule has 1 aromatic rings. The number of unbranched alkanes of at least 4 members (excludes halogenated alkanes) is 4. The number of benzene rings is 1. The lowest BCUT2D eigenvalue weighted by atomic mass is 10.2. The van der Waals surface area contributed by atoms with Crippen LogP contribution in [-0.4, -0.2) is 12.3 Å². The molecule has 0 aliphatic heterocycles. The van der Waals surface area contributed by atoms with Crippen molar-refractivity contribution in [3.05, 3.63) is 35.9 Å². The van der Waals surface area contributed by atoms with Crippen molar-refractivity contribution < 1.29 is 0 Å². The van der Waals surface area contributed by atoms with Gasteiger partial charge in [-0.2, -0.15) is 0 Å². The summed E-state index contributed by atoms with van der Waals surface area (Å²) in [4.78, 5) is 0. The molecule has 1 aromatic carbocycles. The predicted molar refractivity (Wildman–Crippen MR) is 77.0 cm³/mol. The SMILES string of the molecule is CCCCCCCPCCc1ccccc1. The molecule has 16 heavy (non-hydrogen) atoms. The molecule has 0 nitrogen and oxygen atoms in total. The fourth-order valence-corrected chi connectivity index (χ4v) is 3.07. The van der Waals surface area contributed by atoms with Gasteiger partial charge in [-0.25, -0.2) is 0 Å². The first-order valence-electron chi connectivity index (χ1n) is 6.68. The van der Waals surface area contributed by atoms with Crippen LogP contribution in [-0.2, 0) is 6.42 Å². The highest BCUT2D eigenvalue weighted by Crippen LogP contribution is 2.16. The Morgan fingerprint density at radius 1 is 0.875 bits per heavy atom. The van der Waals surface area contributed by atoms with Crippen molar-refractivity contribution >= 4 is 8.58 Å². The van der Waals surface area contributed by atoms with Crippen molar-refractivity contribution in [1.82, 2.24) is 0 Å². The molecule has 1 rings (SSSR count). The smallest absolute Gasteiger partial charge is 0.0242 e. The zero-order chi connectivity index (χ0) is 11.5. The molecule has 0 aromatic heterocycles. The summed E-state index contributed by atoms with van der Waals surface area (Å²) >= 11 is 0. The molecule has 0 radical (unpaired) electrons. The Labute approximate surface area is 103 Å². The molecule has 0 saturated heterocycles. The summed E-state index contributed by atoms with van der Waals surface area (Å²) in [6.45, 7) is 2.28. The predicted octanol–water partition coefficient (Wildman–Crippen LogP) is 4.88. The maximum atomic E-state index is 2.28. The topological polar surface area (TPSA) is 0 Å². The molecular weight excluding hydrogens is 211 g/mol. The van der Waals surface area contributed by atoms with E-state index in [1.54, 1.807) is 0 Å². The van der Waals surface area contributed by atoms with Gasteiger partial charge in [0.2, 0.25) is 0 Å². The first kappa shape index (κ1) is 13.7. The normalized spacial score (nSPS) is 11.3. The van der Waals surface area contributed by atoms with Crippen LogP contribution in [0.4, 0.5) is 0 Å². The Hall–Kier alpha value is -0.350. The molecule has 1 unspecified atom stereocenters. The van der Waals surface area contributed by atoms with Gasteiger partial charge in [0.15, 0.2) is 0 Å². The lowest BCUT2D eigenvalue weighted by molar-refractivity contribution is 0.659. The first-order chi connectivity index (χ1) is 7.93. The van der Waals surface area contributed by atoms with Crippen LogP contribution in [0, 0.1) is 0 Å². The Kier molecular flexibility index (Phi) is 8.44. The molecular formula is C15H25P. The fraction of sp³-hybridized carbons (Fsp3) is 0.600. The Morgan fingerprint density at radius 3 is 2.38 bits per heavy atom. The van der Waals surface area contributed by atoms with E-state index >= 15 is 0 Å². The van der Waals surface area contributed by atoms with Crippen LogP contribution in [0.15, 0.2) is 30.3 Å². The average molecular weight is 236 g/mol. The molecule has 0 fully saturated rings. The van der Waals surface area contributed by atoms with Crippen molar-refractivity contribution in [1.29, 1.82) is 0 Å². The lowest BCUT2D eigenvalue weighted by Crippen LogP contribution is -1.88. The zero-order valence-corrected chi connectivity index (χ0v) is 11.5. The molecule has 0 saturated carbocycles. The van der Waals surface area contributed by atoms with E-state index in [1.807, 2.05) is 0 Å². The highest BCUT2D eigenvalue weighted by Gasteiger charge is 1.93. The third kappa shape index (κ3) is 7.01. The van der Waals surface area contributed by atoms with Gasteiger partial charge >= 0.3 is 0 Å². The van der Waals surface area contributed by atoms with E-state index in [0.29, 0.717) is 0 Å². The molecule has 1 atom stereocenters. The van der Waals surface area contributed by atoms with Crippen molar-refractivity contribution in [3.8, 4) is 0 Å². The molecule has 0 aliphatic rings. The van der Waals surface area contributed by atoms with Gasteiger partial charge < -0.3 is 0 Å². The third-order valence-electron chi connectivity index (χ3n) is 2.89. The van der Waals surface area contributed by atoms with Crippen LogP contribution < -0.4 is 0 Å². The lowest BCUT2D eigenvalue weighted by Gasteiger charge is -2.02. The molecule has 90 valence electrons. The van der Waals surface area contributed by atoms with Gasteiger partial charge in [-0.05, 0) is 30.7 Å². The van der Waals surface area contributed by atoms with E-state index in [1.165, 1.54) is 65.0 Å². The molecule has 0 aliphatic carbocycles. The second kappa shape index (κ2) is 9.85. The monoisotopic (exact) mass is 236 g/mol. The summed E-state index contributed by atoms with van der Waals surface area (Å²) < 4.78 is 0. The fourth-order valence-electron chi connectivity index (χ4n) is 1.86. The summed E-state index contributed by atoms with van der Waals surface area (Å²) in [6, 6.07) is 10.9. The molecule has 0 spiro atoms. The molecule has 0 heterocycles. The Balaban J connectivity index is 1.89. The minimum Gasteiger partial charge on any atom is -0.122 e. The molecule has 0 amide bonds. The summed E-state index contributed by atoms with van der Waals surface area (Å²) in [5.41, 5.74) is 1.50. The Bertz CT molecular complexity index is 243. The highest BCUT2D eigenvalue weighted by molar-refractivity contribution is 7.37. The maximum absolute atomic E-state index is 2.28. The third-order valence-corrected chi connectivity index (χ3v) is 4.20. The maximum Gasteiger partial charge on any atom is -0.0242 e. The van der Waals surface area contributed by atoms with E-state index in [0.717, 1.165) is 0 Å². The van der Waals surface area contributed by atoms with Gasteiger partial charge in [0.1, 0.15) is 0 Å². The average Bonchev–Trinajstić information content (AvgIpc) is 2.34. The molecule has 0 bridgehead atoms. The van der Waals surface area contributed by atoms with E-state index in [-0.39, 0.29) is 0 Å². The second-order valence-corrected chi connectivity index (χ2v) is 5.90. The summed E-state index contributed by atoms with van der Waals surface area (Å²) in [7, 11) is 1.17. The van der Waals surface area contributed by atoms with Gasteiger partial charge in [0.25, 0.3) is 0 Å². The van der Waals surface area contributed by atoms with Crippen LogP contribution in [0.2, 0.25) is 0 Å². The standard InChI is InChI=1S/C15H25P/c1-2-3-4-5-9-13-16-14-12-15-10-7-6-8-11-15/h6-8,10-11,16H,2-5,9,12-14H2,1H3. The second-order valence-electron chi connectivity index (χ2n) is 4.40. The zero-order valence-electron chi connectivity index (χ0n) is 10.5. The van der Waals surface area contributed by atoms with Crippen molar-refractivity contribution in [2.24, 2.45) is 0 Å². The van der Waals surface area contributed by atoms with Crippen LogP contribution in [0.25, 0.3) is 0 Å². The number of hydrogen-bond donors (Lipinski definition) is 0. The van der Waals surface area contributed by atoms with Crippen LogP contribution >= 0.6 is 8.58 Å². The van der Waals surface area contributed by atoms with Crippen molar-refractivity contribution in [2.75, 3.05) is 12.3 Å². The van der Waals surface area contributed by atoms with Gasteiger partial charge in [-0.3, -0.25) is 0 Å². The van der Waals surface area contributed by atoms with E-state index in [9.17, 15) is 0 Å². The largest absolute Gasteiger partial charge is 0.122 e. The van der Waals surface area contributed by atoms with Crippen LogP contribution in [0.3, 0.4) is 0 Å². The Morgan fingerprint density at radius 2 is 1.62 bits per heavy atom. The van der Waals surface area contributed by atoms with Crippen molar-refractivity contribution in [2.45, 2.75) is 45.4 Å². The van der Waals surface area contributed by atoms with Gasteiger partial charge in [0, 0.05) is 0 Å². The molecule has 1 heteroatoms. The minimum atomic E-state index is 1.17. The van der Waals surface area contributed by atoms with Gasteiger partial charge in [-0.15, -0.1) is 8.58 Å². The van der Waals surface area contributed by atoms with Crippen LogP contribution in [0.1, 0.15) is 44.6 Å². The summed E-state index contributed by atoms with van der Waals surface area (Å²) in [5.74, 6) is 0. The quantitative estimate of drug-likeness (QED) is 0.423. The van der Waals surface area contributed by atoms with Gasteiger partial charge in [-0.1, -0.05) is 62.9 Å². The number of aryl methyl sites for hydroxylation is 1. The first-order valence-corrected chi connectivity index (χ1v) is 8.09. The summed E-state index contributed by atoms with van der Waals surface area (Å²) in [5, 5.41) is 0. The number of hydrogen-bond acceptors (Lipinski definition) is 0. The molecule has 0 N–H and O–H groups in total.